The largest absolute Gasteiger partial charge is 0.375 e. The standard InChI is InChI=1S/C12H20N2O2/c1-3-12(2)8-10(4-6-15-12)13-9-11-5-7-16-14-11/h5,7,10,13H,3-4,6,8-9H2,1-2H3. The molecule has 0 bridgehead atoms. The van der Waals surface area contributed by atoms with E-state index >= 15 is 0 Å². The van der Waals surface area contributed by atoms with E-state index in [-0.39, 0.29) is 5.60 Å². The second kappa shape index (κ2) is 4.97. The smallest absolute Gasteiger partial charge is 0.124 e. The second-order valence-corrected chi connectivity index (χ2v) is 4.71. The molecule has 4 heteroatoms. The van der Waals surface area contributed by atoms with E-state index < -0.39 is 0 Å². The van der Waals surface area contributed by atoms with Gasteiger partial charge in [0.1, 0.15) is 6.26 Å². The first-order valence-corrected chi connectivity index (χ1v) is 5.98. The zero-order chi connectivity index (χ0) is 11.4. The molecule has 1 N–H and O–H groups in total. The van der Waals surface area contributed by atoms with Crippen LogP contribution in [0.25, 0.3) is 0 Å². The van der Waals surface area contributed by atoms with Crippen LogP contribution in [0, 0.1) is 0 Å². The van der Waals surface area contributed by atoms with Gasteiger partial charge in [-0.1, -0.05) is 12.1 Å². The highest BCUT2D eigenvalue weighted by Crippen LogP contribution is 2.27. The van der Waals surface area contributed by atoms with Crippen molar-refractivity contribution in [1.82, 2.24) is 10.5 Å². The van der Waals surface area contributed by atoms with E-state index in [1.807, 2.05) is 6.07 Å². The first-order chi connectivity index (χ1) is 7.72. The van der Waals surface area contributed by atoms with Crippen molar-refractivity contribution >= 4 is 0 Å². The van der Waals surface area contributed by atoms with Gasteiger partial charge in [-0.25, -0.2) is 0 Å². The van der Waals surface area contributed by atoms with Crippen LogP contribution < -0.4 is 5.32 Å². The van der Waals surface area contributed by atoms with Crippen LogP contribution in [0.3, 0.4) is 0 Å². The fraction of sp³-hybridized carbons (Fsp3) is 0.750. The third-order valence-electron chi connectivity index (χ3n) is 3.41. The van der Waals surface area contributed by atoms with Crippen LogP contribution in [-0.2, 0) is 11.3 Å². The van der Waals surface area contributed by atoms with Gasteiger partial charge in [-0.2, -0.15) is 0 Å². The number of rotatable bonds is 4. The molecular weight excluding hydrogens is 204 g/mol. The first-order valence-electron chi connectivity index (χ1n) is 5.98. The average molecular weight is 224 g/mol. The number of aromatic nitrogens is 1. The number of hydrogen-bond donors (Lipinski definition) is 1. The molecule has 0 radical (unpaired) electrons. The molecule has 2 atom stereocenters. The van der Waals surface area contributed by atoms with Gasteiger partial charge in [0.25, 0.3) is 0 Å². The van der Waals surface area contributed by atoms with Crippen molar-refractivity contribution in [3.63, 3.8) is 0 Å². The molecule has 2 heterocycles. The summed E-state index contributed by atoms with van der Waals surface area (Å²) in [6, 6.07) is 2.42. The predicted octanol–water partition coefficient (Wildman–Crippen LogP) is 2.11. The molecule has 4 nitrogen and oxygen atoms in total. The van der Waals surface area contributed by atoms with E-state index in [2.05, 4.69) is 24.3 Å². The van der Waals surface area contributed by atoms with Gasteiger partial charge < -0.3 is 14.6 Å². The topological polar surface area (TPSA) is 47.3 Å². The summed E-state index contributed by atoms with van der Waals surface area (Å²) in [5, 5.41) is 7.40. The minimum absolute atomic E-state index is 0.0414. The Bertz CT molecular complexity index is 313. The molecule has 1 saturated heterocycles. The Balaban J connectivity index is 1.81. The van der Waals surface area contributed by atoms with Gasteiger partial charge in [0.05, 0.1) is 11.3 Å². The van der Waals surface area contributed by atoms with Gasteiger partial charge in [-0.15, -0.1) is 0 Å². The molecule has 90 valence electrons. The predicted molar refractivity (Wildman–Crippen MR) is 61.0 cm³/mol. The number of ether oxygens (including phenoxy) is 1. The van der Waals surface area contributed by atoms with Crippen molar-refractivity contribution in [2.75, 3.05) is 6.61 Å². The number of hydrogen-bond acceptors (Lipinski definition) is 4. The molecule has 0 aliphatic carbocycles. The third-order valence-corrected chi connectivity index (χ3v) is 3.41. The lowest BCUT2D eigenvalue weighted by Crippen LogP contribution is -2.44. The minimum atomic E-state index is 0.0414. The summed E-state index contributed by atoms with van der Waals surface area (Å²) in [5.41, 5.74) is 1.00. The summed E-state index contributed by atoms with van der Waals surface area (Å²) >= 11 is 0. The van der Waals surface area contributed by atoms with Gasteiger partial charge in [0.15, 0.2) is 0 Å². The average Bonchev–Trinajstić information content (AvgIpc) is 2.80. The van der Waals surface area contributed by atoms with Crippen molar-refractivity contribution in [2.24, 2.45) is 0 Å². The maximum Gasteiger partial charge on any atom is 0.124 e. The molecule has 0 amide bonds. The first kappa shape index (κ1) is 11.6. The van der Waals surface area contributed by atoms with E-state index in [1.54, 1.807) is 6.26 Å². The lowest BCUT2D eigenvalue weighted by atomic mass is 9.90. The summed E-state index contributed by atoms with van der Waals surface area (Å²) in [4.78, 5) is 0. The Morgan fingerprint density at radius 1 is 1.62 bits per heavy atom. The minimum Gasteiger partial charge on any atom is -0.375 e. The molecule has 2 rings (SSSR count). The summed E-state index contributed by atoms with van der Waals surface area (Å²) in [6.07, 6.45) is 4.82. The van der Waals surface area contributed by atoms with Crippen molar-refractivity contribution < 1.29 is 9.26 Å². The van der Waals surface area contributed by atoms with Crippen LogP contribution in [0.5, 0.6) is 0 Å². The maximum absolute atomic E-state index is 5.81. The molecule has 2 unspecified atom stereocenters. The highest BCUT2D eigenvalue weighted by molar-refractivity contribution is 4.95. The van der Waals surface area contributed by atoms with Crippen LogP contribution in [0.15, 0.2) is 16.9 Å². The molecule has 0 aromatic carbocycles. The van der Waals surface area contributed by atoms with Crippen molar-refractivity contribution in [3.05, 3.63) is 18.0 Å². The Kier molecular flexibility index (Phi) is 3.61. The van der Waals surface area contributed by atoms with Crippen molar-refractivity contribution in [2.45, 2.75) is 51.3 Å². The Hall–Kier alpha value is -0.870. The van der Waals surface area contributed by atoms with E-state index in [1.165, 1.54) is 0 Å². The van der Waals surface area contributed by atoms with Gasteiger partial charge in [-0.05, 0) is 26.2 Å². The van der Waals surface area contributed by atoms with E-state index in [0.29, 0.717) is 6.04 Å². The third kappa shape index (κ3) is 2.83. The molecule has 1 aromatic rings. The molecule has 1 aliphatic rings. The zero-order valence-electron chi connectivity index (χ0n) is 10.0. The highest BCUT2D eigenvalue weighted by Gasteiger charge is 2.31. The van der Waals surface area contributed by atoms with Crippen LogP contribution in [0.2, 0.25) is 0 Å². The molecule has 1 aromatic heterocycles. The SMILES string of the molecule is CCC1(C)CC(NCc2ccon2)CCO1. The van der Waals surface area contributed by atoms with Crippen LogP contribution in [0.1, 0.15) is 38.8 Å². The number of nitrogens with zero attached hydrogens (tertiary/aromatic N) is 1. The molecule has 1 aliphatic heterocycles. The maximum atomic E-state index is 5.81. The summed E-state index contributed by atoms with van der Waals surface area (Å²) in [7, 11) is 0. The molecule has 16 heavy (non-hydrogen) atoms. The summed E-state index contributed by atoms with van der Waals surface area (Å²) < 4.78 is 10.6. The van der Waals surface area contributed by atoms with Gasteiger partial charge in [0.2, 0.25) is 0 Å². The Morgan fingerprint density at radius 2 is 2.50 bits per heavy atom. The van der Waals surface area contributed by atoms with Crippen molar-refractivity contribution in [3.8, 4) is 0 Å². The van der Waals surface area contributed by atoms with Crippen LogP contribution >= 0.6 is 0 Å². The Morgan fingerprint density at radius 3 is 3.19 bits per heavy atom. The molecule has 1 fully saturated rings. The Labute approximate surface area is 96.3 Å². The fourth-order valence-corrected chi connectivity index (χ4v) is 2.13. The van der Waals surface area contributed by atoms with E-state index in [0.717, 1.165) is 38.1 Å². The zero-order valence-corrected chi connectivity index (χ0v) is 10.0. The van der Waals surface area contributed by atoms with Gasteiger partial charge in [0, 0.05) is 25.3 Å². The fourth-order valence-electron chi connectivity index (χ4n) is 2.13. The molecular formula is C12H20N2O2. The second-order valence-electron chi connectivity index (χ2n) is 4.71. The molecule has 0 saturated carbocycles. The summed E-state index contributed by atoms with van der Waals surface area (Å²) in [6.45, 7) is 6.00. The lowest BCUT2D eigenvalue weighted by Gasteiger charge is -2.38. The van der Waals surface area contributed by atoms with Gasteiger partial charge in [-0.3, -0.25) is 0 Å². The summed E-state index contributed by atoms with van der Waals surface area (Å²) in [5.74, 6) is 0. The quantitative estimate of drug-likeness (QED) is 0.851. The molecule has 0 spiro atoms. The monoisotopic (exact) mass is 224 g/mol. The van der Waals surface area contributed by atoms with E-state index in [9.17, 15) is 0 Å². The van der Waals surface area contributed by atoms with Crippen LogP contribution in [0.4, 0.5) is 0 Å². The normalized spacial score (nSPS) is 30.5. The van der Waals surface area contributed by atoms with Gasteiger partial charge >= 0.3 is 0 Å². The van der Waals surface area contributed by atoms with E-state index in [4.69, 9.17) is 9.26 Å². The highest BCUT2D eigenvalue weighted by atomic mass is 16.5. The number of nitrogens with one attached hydrogen (secondary N) is 1. The van der Waals surface area contributed by atoms with Crippen molar-refractivity contribution in [1.29, 1.82) is 0 Å². The lowest BCUT2D eigenvalue weighted by molar-refractivity contribution is -0.0781. The van der Waals surface area contributed by atoms with Crippen LogP contribution in [-0.4, -0.2) is 23.4 Å².